The van der Waals surface area contributed by atoms with E-state index in [4.69, 9.17) is 4.74 Å². The van der Waals surface area contributed by atoms with E-state index in [1.165, 1.54) is 62.5 Å². The predicted molar refractivity (Wildman–Crippen MR) is 164 cm³/mol. The van der Waals surface area contributed by atoms with E-state index in [-0.39, 0.29) is 18.4 Å². The summed E-state index contributed by atoms with van der Waals surface area (Å²) in [5, 5.41) is 5.98. The molecule has 1 unspecified atom stereocenters. The predicted octanol–water partition coefficient (Wildman–Crippen LogP) is 8.78. The molecule has 1 aromatic heterocycles. The third kappa shape index (κ3) is 4.91. The monoisotopic (exact) mass is 544 g/mol. The van der Waals surface area contributed by atoms with Gasteiger partial charge in [0.15, 0.2) is 0 Å². The molecular weight excluding hydrogens is 492 g/mol. The molecule has 8 atom stereocenters. The Morgan fingerprint density at radius 2 is 1.85 bits per heavy atom. The van der Waals surface area contributed by atoms with Crippen LogP contribution in [-0.4, -0.2) is 15.9 Å². The van der Waals surface area contributed by atoms with Crippen LogP contribution in [0.1, 0.15) is 105 Å². The van der Waals surface area contributed by atoms with Crippen LogP contribution in [0.5, 0.6) is 0 Å². The maximum atomic E-state index is 12.9. The van der Waals surface area contributed by atoms with E-state index in [0.717, 1.165) is 53.7 Å². The highest BCUT2D eigenvalue weighted by molar-refractivity contribution is 5.80. The summed E-state index contributed by atoms with van der Waals surface area (Å²) in [4.78, 5) is 12.9. The number of allylic oxidation sites excluding steroid dienone is 1. The lowest BCUT2D eigenvalue weighted by Gasteiger charge is -2.58. The van der Waals surface area contributed by atoms with Gasteiger partial charge in [-0.25, -0.2) is 4.68 Å². The van der Waals surface area contributed by atoms with Crippen molar-refractivity contribution in [1.29, 1.82) is 0 Å². The van der Waals surface area contributed by atoms with Gasteiger partial charge in [0.2, 0.25) is 0 Å². The SMILES string of the molecule is CC(C)CCC[C@@H](C)[C@H]1CC[C@H]2[C@@H]3CC=C4CC(OCn5ncc6ccccc6c5=O)CC[C@]4(C)[C@H]3CC[C@]12C. The Morgan fingerprint density at radius 3 is 2.67 bits per heavy atom. The Kier molecular flexibility index (Phi) is 7.78. The van der Waals surface area contributed by atoms with Crippen LogP contribution in [0.25, 0.3) is 10.8 Å². The Hall–Kier alpha value is -1.94. The quantitative estimate of drug-likeness (QED) is 0.312. The van der Waals surface area contributed by atoms with Gasteiger partial charge >= 0.3 is 0 Å². The van der Waals surface area contributed by atoms with Gasteiger partial charge in [-0.15, -0.1) is 0 Å². The van der Waals surface area contributed by atoms with Gasteiger partial charge in [-0.05, 0) is 104 Å². The maximum Gasteiger partial charge on any atom is 0.276 e. The standard InChI is InChI=1S/C36H52N2O2/c1-24(2)9-8-10-25(3)31-15-16-32-30-14-13-27-21-28(17-19-35(27,4)33(30)18-20-36(31,32)5)40-23-38-34(39)29-12-7-6-11-26(29)22-37-38/h6-7,11-13,22,24-25,28,30-33H,8-10,14-21,23H2,1-5H3/t25-,28?,30+,31-,32+,33+,35+,36-/m1/s1. The summed E-state index contributed by atoms with van der Waals surface area (Å²) in [6.45, 7) is 12.8. The molecule has 0 N–H and O–H groups in total. The molecule has 6 rings (SSSR count). The van der Waals surface area contributed by atoms with Crippen molar-refractivity contribution in [2.75, 3.05) is 0 Å². The summed E-state index contributed by atoms with van der Waals surface area (Å²) < 4.78 is 7.85. The number of aromatic nitrogens is 2. The van der Waals surface area contributed by atoms with Crippen molar-refractivity contribution in [1.82, 2.24) is 9.78 Å². The van der Waals surface area contributed by atoms with E-state index in [9.17, 15) is 4.79 Å². The van der Waals surface area contributed by atoms with Crippen molar-refractivity contribution in [3.05, 3.63) is 52.5 Å². The van der Waals surface area contributed by atoms with Crippen molar-refractivity contribution in [2.24, 2.45) is 46.3 Å². The first-order chi connectivity index (χ1) is 19.2. The third-order valence-electron chi connectivity index (χ3n) is 12.5. The van der Waals surface area contributed by atoms with Crippen molar-refractivity contribution in [2.45, 2.75) is 118 Å². The van der Waals surface area contributed by atoms with Crippen LogP contribution in [0.3, 0.4) is 0 Å². The number of ether oxygens (including phenoxy) is 1. The average Bonchev–Trinajstić information content (AvgIpc) is 3.30. The Balaban J connectivity index is 1.11. The smallest absolute Gasteiger partial charge is 0.276 e. The van der Waals surface area contributed by atoms with E-state index in [1.54, 1.807) is 11.8 Å². The van der Waals surface area contributed by atoms with Gasteiger partial charge in [-0.1, -0.05) is 83.7 Å². The normalized spacial score (nSPS) is 36.1. The summed E-state index contributed by atoms with van der Waals surface area (Å²) in [5.41, 5.74) is 2.45. The highest BCUT2D eigenvalue weighted by Crippen LogP contribution is 2.67. The van der Waals surface area contributed by atoms with Gasteiger partial charge in [0, 0.05) is 5.39 Å². The lowest BCUT2D eigenvalue weighted by atomic mass is 9.47. The second kappa shape index (κ2) is 11.0. The zero-order valence-corrected chi connectivity index (χ0v) is 25.7. The van der Waals surface area contributed by atoms with Crippen molar-refractivity contribution in [3.63, 3.8) is 0 Å². The molecule has 4 nitrogen and oxygen atoms in total. The van der Waals surface area contributed by atoms with E-state index < -0.39 is 0 Å². The lowest BCUT2D eigenvalue weighted by Crippen LogP contribution is -2.51. The fraction of sp³-hybridized carbons (Fsp3) is 0.722. The van der Waals surface area contributed by atoms with E-state index in [1.807, 2.05) is 24.3 Å². The molecule has 0 bridgehead atoms. The lowest BCUT2D eigenvalue weighted by molar-refractivity contribution is -0.0724. The molecule has 4 heteroatoms. The highest BCUT2D eigenvalue weighted by Gasteiger charge is 2.59. The first-order valence-electron chi connectivity index (χ1n) is 16.5. The Morgan fingerprint density at radius 1 is 1.02 bits per heavy atom. The molecule has 40 heavy (non-hydrogen) atoms. The molecule has 2 aromatic rings. The molecule has 218 valence electrons. The Labute approximate surface area is 242 Å². The molecule has 0 aliphatic heterocycles. The van der Waals surface area contributed by atoms with E-state index in [0.29, 0.717) is 16.2 Å². The average molecular weight is 545 g/mol. The number of hydrogen-bond donors (Lipinski definition) is 0. The number of benzene rings is 1. The van der Waals surface area contributed by atoms with E-state index in [2.05, 4.69) is 45.8 Å². The molecule has 3 saturated carbocycles. The fourth-order valence-electron chi connectivity index (χ4n) is 10.2. The van der Waals surface area contributed by atoms with E-state index >= 15 is 0 Å². The first kappa shape index (κ1) is 28.2. The molecule has 4 aliphatic carbocycles. The van der Waals surface area contributed by atoms with Crippen LogP contribution in [0.15, 0.2) is 46.9 Å². The van der Waals surface area contributed by atoms with Gasteiger partial charge in [0.25, 0.3) is 5.56 Å². The van der Waals surface area contributed by atoms with Crippen LogP contribution < -0.4 is 5.56 Å². The minimum absolute atomic E-state index is 0.0622. The summed E-state index contributed by atoms with van der Waals surface area (Å²) in [5.74, 6) is 5.20. The van der Waals surface area contributed by atoms with Gasteiger partial charge in [-0.3, -0.25) is 4.79 Å². The maximum absolute atomic E-state index is 12.9. The molecule has 0 saturated heterocycles. The number of rotatable bonds is 8. The summed E-state index contributed by atoms with van der Waals surface area (Å²) in [7, 11) is 0. The number of hydrogen-bond acceptors (Lipinski definition) is 3. The topological polar surface area (TPSA) is 44.1 Å². The summed E-state index contributed by atoms with van der Waals surface area (Å²) >= 11 is 0. The largest absolute Gasteiger partial charge is 0.356 e. The second-order valence-electron chi connectivity index (χ2n) is 15.0. The van der Waals surface area contributed by atoms with Gasteiger partial charge in [-0.2, -0.15) is 5.10 Å². The van der Waals surface area contributed by atoms with Crippen LogP contribution in [0, 0.1) is 46.3 Å². The third-order valence-corrected chi connectivity index (χ3v) is 12.5. The van der Waals surface area contributed by atoms with Crippen LogP contribution >= 0.6 is 0 Å². The van der Waals surface area contributed by atoms with Crippen LogP contribution in [-0.2, 0) is 11.5 Å². The molecule has 0 radical (unpaired) electrons. The minimum atomic E-state index is -0.0622. The zero-order valence-electron chi connectivity index (χ0n) is 25.7. The highest BCUT2D eigenvalue weighted by atomic mass is 16.5. The van der Waals surface area contributed by atoms with Crippen molar-refractivity contribution in [3.8, 4) is 0 Å². The summed E-state index contributed by atoms with van der Waals surface area (Å²) in [6.07, 6.45) is 19.1. The molecule has 3 fully saturated rings. The summed E-state index contributed by atoms with van der Waals surface area (Å²) in [6, 6.07) is 7.67. The molecule has 4 aliphatic rings. The molecule has 0 spiro atoms. The number of nitrogens with zero attached hydrogens (tertiary/aromatic N) is 2. The van der Waals surface area contributed by atoms with Crippen LogP contribution in [0.4, 0.5) is 0 Å². The first-order valence-corrected chi connectivity index (χ1v) is 16.5. The second-order valence-corrected chi connectivity index (χ2v) is 15.0. The van der Waals surface area contributed by atoms with Crippen LogP contribution in [0.2, 0.25) is 0 Å². The van der Waals surface area contributed by atoms with Gasteiger partial charge in [0.05, 0.1) is 17.7 Å². The molecule has 1 aromatic carbocycles. The van der Waals surface area contributed by atoms with Gasteiger partial charge in [0.1, 0.15) is 6.73 Å². The van der Waals surface area contributed by atoms with Gasteiger partial charge < -0.3 is 4.74 Å². The zero-order chi connectivity index (χ0) is 28.1. The molecule has 1 heterocycles. The van der Waals surface area contributed by atoms with Crippen molar-refractivity contribution >= 4 is 10.8 Å². The molecular formula is C36H52N2O2. The van der Waals surface area contributed by atoms with Crippen molar-refractivity contribution < 1.29 is 4.74 Å². The fourth-order valence-corrected chi connectivity index (χ4v) is 10.2. The molecule has 0 amide bonds. The number of fused-ring (bicyclic) bond motifs is 6. The minimum Gasteiger partial charge on any atom is -0.356 e. The Bertz CT molecular complexity index is 1300.